The first-order chi connectivity index (χ1) is 9.45. The molecule has 1 aromatic carbocycles. The molecule has 0 aromatic heterocycles. The largest absolute Gasteiger partial charge is 0.395 e. The van der Waals surface area contributed by atoms with Gasteiger partial charge in [-0.3, -0.25) is 4.90 Å². The van der Waals surface area contributed by atoms with Gasteiger partial charge in [0.25, 0.3) is 0 Å². The van der Waals surface area contributed by atoms with Gasteiger partial charge < -0.3 is 10.2 Å². The molecule has 3 heteroatoms. The lowest BCUT2D eigenvalue weighted by molar-refractivity contribution is 0.0233. The molecule has 0 saturated heterocycles. The van der Waals surface area contributed by atoms with Gasteiger partial charge in [-0.15, -0.1) is 0 Å². The third kappa shape index (κ3) is 4.93. The lowest BCUT2D eigenvalue weighted by Crippen LogP contribution is -2.44. The Morgan fingerprint density at radius 1 is 1.10 bits per heavy atom. The van der Waals surface area contributed by atoms with Crippen LogP contribution in [0.3, 0.4) is 0 Å². The first kappa shape index (κ1) is 16.6. The summed E-state index contributed by atoms with van der Waals surface area (Å²) in [4.78, 5) is 2.02. The van der Waals surface area contributed by atoms with E-state index in [0.29, 0.717) is 13.1 Å². The molecule has 0 aliphatic carbocycles. The molecule has 20 heavy (non-hydrogen) atoms. The monoisotopic (exact) mass is 275 g/mol. The lowest BCUT2D eigenvalue weighted by Gasteiger charge is -2.34. The molecule has 0 aliphatic rings. The number of hydrogen-bond acceptors (Lipinski definition) is 3. The Morgan fingerprint density at radius 2 is 1.60 bits per heavy atom. The average Bonchev–Trinajstić information content (AvgIpc) is 2.39. The van der Waals surface area contributed by atoms with Gasteiger partial charge in [0.15, 0.2) is 0 Å². The second-order valence-corrected chi connectivity index (χ2v) is 5.42. The predicted molar refractivity (Wildman–Crippen MR) is 83.5 cm³/mol. The van der Waals surface area contributed by atoms with Crippen molar-refractivity contribution in [1.29, 1.82) is 0 Å². The van der Waals surface area contributed by atoms with Crippen molar-refractivity contribution >= 4 is 0 Å². The van der Waals surface area contributed by atoms with E-state index in [4.69, 9.17) is 0 Å². The summed E-state index contributed by atoms with van der Waals surface area (Å²) in [6.07, 6.45) is -0.736. The van der Waals surface area contributed by atoms with Crippen LogP contribution in [0.15, 0.2) is 54.6 Å². The van der Waals surface area contributed by atoms with Crippen LogP contribution in [0.5, 0.6) is 0 Å². The van der Waals surface area contributed by atoms with Gasteiger partial charge in [-0.25, -0.2) is 0 Å². The molecule has 0 amide bonds. The van der Waals surface area contributed by atoms with Crippen LogP contribution in [-0.2, 0) is 0 Å². The number of aliphatic hydroxyl groups is 2. The summed E-state index contributed by atoms with van der Waals surface area (Å²) >= 11 is 0. The Kier molecular flexibility index (Phi) is 6.65. The Labute approximate surface area is 121 Å². The molecule has 0 aliphatic heterocycles. The Bertz CT molecular complexity index is 426. The number of benzene rings is 1. The predicted octanol–water partition coefficient (Wildman–Crippen LogP) is 2.54. The molecular formula is C17H25NO2. The van der Waals surface area contributed by atoms with Crippen LogP contribution < -0.4 is 0 Å². The third-order valence-corrected chi connectivity index (χ3v) is 3.11. The van der Waals surface area contributed by atoms with E-state index in [1.165, 1.54) is 0 Å². The number of nitrogens with zero attached hydrogens (tertiary/aromatic N) is 1. The molecule has 0 heterocycles. The van der Waals surface area contributed by atoms with Gasteiger partial charge in [-0.05, 0) is 19.4 Å². The van der Waals surface area contributed by atoms with E-state index >= 15 is 0 Å². The average molecular weight is 275 g/mol. The van der Waals surface area contributed by atoms with Gasteiger partial charge in [-0.1, -0.05) is 54.6 Å². The van der Waals surface area contributed by atoms with Crippen LogP contribution >= 0.6 is 0 Å². The van der Waals surface area contributed by atoms with E-state index in [9.17, 15) is 10.2 Å². The van der Waals surface area contributed by atoms with Gasteiger partial charge in [0.05, 0.1) is 18.8 Å². The Balaban J connectivity index is 2.93. The SMILES string of the molecule is C=C(C)CN(CC(=C)C)[C@@H](CO)[C@@H](O)c1ccccc1. The van der Waals surface area contributed by atoms with Crippen LogP contribution in [0.4, 0.5) is 0 Å². The maximum atomic E-state index is 10.5. The van der Waals surface area contributed by atoms with Crippen LogP contribution in [0.1, 0.15) is 25.5 Å². The van der Waals surface area contributed by atoms with Crippen molar-refractivity contribution in [3.8, 4) is 0 Å². The molecule has 0 saturated carbocycles. The van der Waals surface area contributed by atoms with Gasteiger partial charge in [0.2, 0.25) is 0 Å². The highest BCUT2D eigenvalue weighted by molar-refractivity contribution is 5.19. The molecule has 1 rings (SSSR count). The van der Waals surface area contributed by atoms with Gasteiger partial charge >= 0.3 is 0 Å². The summed E-state index contributed by atoms with van der Waals surface area (Å²) in [5.74, 6) is 0. The van der Waals surface area contributed by atoms with Gasteiger partial charge in [0.1, 0.15) is 0 Å². The summed E-state index contributed by atoms with van der Waals surface area (Å²) < 4.78 is 0. The van der Waals surface area contributed by atoms with E-state index in [1.807, 2.05) is 49.1 Å². The van der Waals surface area contributed by atoms with Crippen LogP contribution in [0.25, 0.3) is 0 Å². The van der Waals surface area contributed by atoms with Crippen molar-refractivity contribution in [3.05, 3.63) is 60.2 Å². The zero-order valence-corrected chi connectivity index (χ0v) is 12.4. The van der Waals surface area contributed by atoms with Crippen molar-refractivity contribution in [3.63, 3.8) is 0 Å². The fourth-order valence-electron chi connectivity index (χ4n) is 2.27. The summed E-state index contributed by atoms with van der Waals surface area (Å²) in [6, 6.07) is 9.04. The van der Waals surface area contributed by atoms with Crippen LogP contribution in [0.2, 0.25) is 0 Å². The third-order valence-electron chi connectivity index (χ3n) is 3.11. The first-order valence-electron chi connectivity index (χ1n) is 6.82. The molecule has 0 fully saturated rings. The molecule has 0 unspecified atom stereocenters. The van der Waals surface area contributed by atoms with E-state index in [0.717, 1.165) is 16.7 Å². The molecule has 0 radical (unpaired) electrons. The van der Waals surface area contributed by atoms with Crippen molar-refractivity contribution in [2.45, 2.75) is 26.0 Å². The molecule has 3 nitrogen and oxygen atoms in total. The van der Waals surface area contributed by atoms with E-state index in [2.05, 4.69) is 13.2 Å². The first-order valence-corrected chi connectivity index (χ1v) is 6.82. The minimum Gasteiger partial charge on any atom is -0.395 e. The van der Waals surface area contributed by atoms with Gasteiger partial charge in [0, 0.05) is 13.1 Å². The number of aliphatic hydroxyl groups excluding tert-OH is 2. The van der Waals surface area contributed by atoms with Crippen LogP contribution in [0, 0.1) is 0 Å². The molecule has 0 spiro atoms. The minimum absolute atomic E-state index is 0.114. The minimum atomic E-state index is -0.736. The summed E-state index contributed by atoms with van der Waals surface area (Å²) in [5, 5.41) is 20.2. The quantitative estimate of drug-likeness (QED) is 0.717. The zero-order chi connectivity index (χ0) is 15.1. The molecule has 1 aromatic rings. The molecular weight excluding hydrogens is 250 g/mol. The van der Waals surface area contributed by atoms with E-state index < -0.39 is 6.10 Å². The normalized spacial score (nSPS) is 14.1. The van der Waals surface area contributed by atoms with Crippen LogP contribution in [-0.4, -0.2) is 40.9 Å². The second kappa shape index (κ2) is 8.00. The standard InChI is InChI=1S/C17H25NO2/c1-13(2)10-18(11-14(3)4)16(12-19)17(20)15-8-6-5-7-9-15/h5-9,16-17,19-20H,1,3,10-12H2,2,4H3/t16-,17-/m0/s1. The summed E-state index contributed by atoms with van der Waals surface area (Å²) in [5.41, 5.74) is 2.79. The molecule has 2 N–H and O–H groups in total. The van der Waals surface area contributed by atoms with Crippen molar-refractivity contribution in [1.82, 2.24) is 4.90 Å². The van der Waals surface area contributed by atoms with Crippen molar-refractivity contribution < 1.29 is 10.2 Å². The lowest BCUT2D eigenvalue weighted by atomic mass is 10.0. The Morgan fingerprint density at radius 3 is 2.00 bits per heavy atom. The van der Waals surface area contributed by atoms with Crippen molar-refractivity contribution in [2.75, 3.05) is 19.7 Å². The topological polar surface area (TPSA) is 43.7 Å². The fourth-order valence-corrected chi connectivity index (χ4v) is 2.27. The highest BCUT2D eigenvalue weighted by Crippen LogP contribution is 2.22. The Hall–Kier alpha value is -1.42. The number of rotatable bonds is 8. The van der Waals surface area contributed by atoms with Crippen molar-refractivity contribution in [2.24, 2.45) is 0 Å². The second-order valence-electron chi connectivity index (χ2n) is 5.42. The van der Waals surface area contributed by atoms with E-state index in [1.54, 1.807) is 0 Å². The molecule has 110 valence electrons. The fraction of sp³-hybridized carbons (Fsp3) is 0.412. The smallest absolute Gasteiger partial charge is 0.0967 e. The highest BCUT2D eigenvalue weighted by Gasteiger charge is 2.26. The van der Waals surface area contributed by atoms with E-state index in [-0.39, 0.29) is 12.6 Å². The molecule has 0 bridgehead atoms. The zero-order valence-electron chi connectivity index (χ0n) is 12.4. The van der Waals surface area contributed by atoms with Gasteiger partial charge in [-0.2, -0.15) is 0 Å². The maximum absolute atomic E-state index is 10.5. The maximum Gasteiger partial charge on any atom is 0.0967 e. The summed E-state index contributed by atoms with van der Waals surface area (Å²) in [7, 11) is 0. The number of hydrogen-bond donors (Lipinski definition) is 2. The summed E-state index contributed by atoms with van der Waals surface area (Å²) in [6.45, 7) is 12.9. The molecule has 2 atom stereocenters. The highest BCUT2D eigenvalue weighted by atomic mass is 16.3.